The minimum Gasteiger partial charge on any atom is -0.493 e. The summed E-state index contributed by atoms with van der Waals surface area (Å²) in [5.74, 6) is 1.18. The van der Waals surface area contributed by atoms with Crippen LogP contribution >= 0.6 is 24.0 Å². The second-order valence-corrected chi connectivity index (χ2v) is 6.75. The third kappa shape index (κ3) is 6.36. The zero-order valence-electron chi connectivity index (χ0n) is 16.2. The van der Waals surface area contributed by atoms with Gasteiger partial charge in [-0.2, -0.15) is 0 Å². The summed E-state index contributed by atoms with van der Waals surface area (Å²) in [5.41, 5.74) is 2.59. The Morgan fingerprint density at radius 3 is 2.31 bits per heavy atom. The van der Waals surface area contributed by atoms with E-state index in [4.69, 9.17) is 21.1 Å². The van der Waals surface area contributed by atoms with E-state index in [1.807, 2.05) is 48.5 Å². The van der Waals surface area contributed by atoms with Gasteiger partial charge in [-0.25, -0.2) is 4.39 Å². The molecule has 3 rings (SSSR count). The molecule has 154 valence electrons. The quantitative estimate of drug-likeness (QED) is 0.429. The first-order valence-corrected chi connectivity index (χ1v) is 9.53. The fraction of sp³-hybridized carbons (Fsp3) is 0.217. The van der Waals surface area contributed by atoms with Crippen LogP contribution in [0.15, 0.2) is 66.7 Å². The van der Waals surface area contributed by atoms with Crippen molar-refractivity contribution in [2.24, 2.45) is 0 Å². The average molecular weight is 436 g/mol. The molecule has 0 radical (unpaired) electrons. The molecule has 0 atom stereocenters. The van der Waals surface area contributed by atoms with Crippen molar-refractivity contribution in [2.45, 2.75) is 19.6 Å². The van der Waals surface area contributed by atoms with Gasteiger partial charge < -0.3 is 14.8 Å². The van der Waals surface area contributed by atoms with Gasteiger partial charge in [0.25, 0.3) is 0 Å². The molecular formula is C23H24Cl2FNO2. The minimum absolute atomic E-state index is 0. The summed E-state index contributed by atoms with van der Waals surface area (Å²) in [4.78, 5) is 0. The standard InChI is InChI=1S/C23H23ClFNO2.ClH/c1-27-22-12-6-9-18(15-26-14-13-17-7-3-5-11-21(17)25)23(22)28-16-19-8-2-4-10-20(19)24;/h2-12,26H,13-16H2,1H3;1H. The van der Waals surface area contributed by atoms with E-state index in [0.717, 1.165) is 11.1 Å². The van der Waals surface area contributed by atoms with Crippen molar-refractivity contribution in [2.75, 3.05) is 13.7 Å². The molecule has 0 aliphatic rings. The van der Waals surface area contributed by atoms with Gasteiger partial charge in [-0.05, 0) is 36.7 Å². The maximum atomic E-state index is 13.7. The Labute approximate surface area is 182 Å². The Kier molecular flexibility index (Phi) is 9.26. The SMILES string of the molecule is COc1cccc(CNCCc2ccccc2F)c1OCc1ccccc1Cl.Cl. The van der Waals surface area contributed by atoms with Crippen LogP contribution in [0.3, 0.4) is 0 Å². The Bertz CT molecular complexity index is 921. The van der Waals surface area contributed by atoms with Crippen LogP contribution in [0.4, 0.5) is 4.39 Å². The van der Waals surface area contributed by atoms with Crippen LogP contribution in [0, 0.1) is 5.82 Å². The van der Waals surface area contributed by atoms with Gasteiger partial charge in [0.05, 0.1) is 7.11 Å². The monoisotopic (exact) mass is 435 g/mol. The van der Waals surface area contributed by atoms with Crippen molar-refractivity contribution >= 4 is 24.0 Å². The minimum atomic E-state index is -0.172. The largest absolute Gasteiger partial charge is 0.493 e. The summed E-state index contributed by atoms with van der Waals surface area (Å²) in [6, 6.07) is 20.2. The van der Waals surface area contributed by atoms with Crippen molar-refractivity contribution in [1.29, 1.82) is 0 Å². The van der Waals surface area contributed by atoms with Crippen molar-refractivity contribution in [3.8, 4) is 11.5 Å². The van der Waals surface area contributed by atoms with Gasteiger partial charge in [0.1, 0.15) is 12.4 Å². The van der Waals surface area contributed by atoms with Gasteiger partial charge in [0.15, 0.2) is 11.5 Å². The first-order valence-electron chi connectivity index (χ1n) is 9.15. The van der Waals surface area contributed by atoms with Crippen LogP contribution in [0.2, 0.25) is 5.02 Å². The second kappa shape index (κ2) is 11.7. The molecule has 0 fully saturated rings. The lowest BCUT2D eigenvalue weighted by Crippen LogP contribution is -2.18. The third-order valence-electron chi connectivity index (χ3n) is 4.45. The second-order valence-electron chi connectivity index (χ2n) is 6.35. The lowest BCUT2D eigenvalue weighted by molar-refractivity contribution is 0.280. The van der Waals surface area contributed by atoms with Gasteiger partial charge >= 0.3 is 0 Å². The lowest BCUT2D eigenvalue weighted by atomic mass is 10.1. The molecule has 0 bridgehead atoms. The molecule has 0 saturated carbocycles. The number of halogens is 3. The summed E-state index contributed by atoms with van der Waals surface area (Å²) in [5, 5.41) is 4.02. The zero-order chi connectivity index (χ0) is 19.8. The zero-order valence-corrected chi connectivity index (χ0v) is 17.7. The van der Waals surface area contributed by atoms with E-state index >= 15 is 0 Å². The molecule has 3 aromatic carbocycles. The van der Waals surface area contributed by atoms with Crippen LogP contribution in [0.25, 0.3) is 0 Å². The van der Waals surface area contributed by atoms with Gasteiger partial charge in [-0.1, -0.05) is 60.1 Å². The van der Waals surface area contributed by atoms with Gasteiger partial charge in [0, 0.05) is 22.7 Å². The molecular weight excluding hydrogens is 412 g/mol. The molecule has 0 spiro atoms. The Morgan fingerprint density at radius 1 is 0.897 bits per heavy atom. The van der Waals surface area contributed by atoms with Crippen LogP contribution in [-0.4, -0.2) is 13.7 Å². The van der Waals surface area contributed by atoms with Crippen LogP contribution in [0.5, 0.6) is 11.5 Å². The highest BCUT2D eigenvalue weighted by atomic mass is 35.5. The first-order chi connectivity index (χ1) is 13.7. The fourth-order valence-electron chi connectivity index (χ4n) is 2.94. The van der Waals surface area contributed by atoms with Crippen LogP contribution in [-0.2, 0) is 19.6 Å². The van der Waals surface area contributed by atoms with Crippen molar-refractivity contribution in [3.63, 3.8) is 0 Å². The molecule has 0 aliphatic carbocycles. The van der Waals surface area contributed by atoms with Crippen molar-refractivity contribution in [1.82, 2.24) is 5.32 Å². The number of benzene rings is 3. The summed E-state index contributed by atoms with van der Waals surface area (Å²) < 4.78 is 25.2. The normalized spacial score (nSPS) is 10.3. The highest BCUT2D eigenvalue weighted by Gasteiger charge is 2.12. The number of rotatable bonds is 9. The lowest BCUT2D eigenvalue weighted by Gasteiger charge is -2.16. The summed E-state index contributed by atoms with van der Waals surface area (Å²) in [7, 11) is 1.62. The highest BCUT2D eigenvalue weighted by Crippen LogP contribution is 2.32. The number of para-hydroxylation sites is 1. The molecule has 29 heavy (non-hydrogen) atoms. The number of hydrogen-bond donors (Lipinski definition) is 1. The Morgan fingerprint density at radius 2 is 1.59 bits per heavy atom. The predicted molar refractivity (Wildman–Crippen MR) is 118 cm³/mol. The van der Waals surface area contributed by atoms with Crippen LogP contribution in [0.1, 0.15) is 16.7 Å². The number of nitrogens with one attached hydrogen (secondary N) is 1. The molecule has 1 N–H and O–H groups in total. The van der Waals surface area contributed by atoms with Crippen molar-refractivity contribution < 1.29 is 13.9 Å². The van der Waals surface area contributed by atoms with E-state index in [1.165, 1.54) is 6.07 Å². The smallest absolute Gasteiger partial charge is 0.166 e. The summed E-state index contributed by atoms with van der Waals surface area (Å²) in [6.07, 6.45) is 0.618. The highest BCUT2D eigenvalue weighted by molar-refractivity contribution is 6.31. The number of hydrogen-bond acceptors (Lipinski definition) is 3. The molecule has 0 aromatic heterocycles. The van der Waals surface area contributed by atoms with Gasteiger partial charge in [-0.3, -0.25) is 0 Å². The summed E-state index contributed by atoms with van der Waals surface area (Å²) in [6.45, 7) is 1.59. The van der Waals surface area contributed by atoms with E-state index in [9.17, 15) is 4.39 Å². The fourth-order valence-corrected chi connectivity index (χ4v) is 3.13. The molecule has 0 saturated heterocycles. The molecule has 3 aromatic rings. The Hall–Kier alpha value is -2.27. The van der Waals surface area contributed by atoms with Crippen molar-refractivity contribution in [3.05, 3.63) is 94.3 Å². The summed E-state index contributed by atoms with van der Waals surface area (Å²) >= 11 is 6.22. The molecule has 6 heteroatoms. The molecule has 3 nitrogen and oxygen atoms in total. The number of ether oxygens (including phenoxy) is 2. The molecule has 0 unspecified atom stereocenters. The maximum Gasteiger partial charge on any atom is 0.166 e. The molecule has 0 aliphatic heterocycles. The van der Waals surface area contributed by atoms with E-state index in [-0.39, 0.29) is 18.2 Å². The van der Waals surface area contributed by atoms with E-state index < -0.39 is 0 Å². The Balaban J connectivity index is 0.00000300. The van der Waals surface area contributed by atoms with Gasteiger partial charge in [0.2, 0.25) is 0 Å². The maximum absolute atomic E-state index is 13.7. The number of methoxy groups -OCH3 is 1. The van der Waals surface area contributed by atoms with E-state index in [1.54, 1.807) is 19.2 Å². The first kappa shape index (κ1) is 23.0. The average Bonchev–Trinajstić information content (AvgIpc) is 2.72. The third-order valence-corrected chi connectivity index (χ3v) is 4.82. The van der Waals surface area contributed by atoms with Gasteiger partial charge in [-0.15, -0.1) is 12.4 Å². The van der Waals surface area contributed by atoms with Crippen LogP contribution < -0.4 is 14.8 Å². The van der Waals surface area contributed by atoms with E-state index in [0.29, 0.717) is 48.2 Å². The predicted octanol–water partition coefficient (Wildman–Crippen LogP) is 5.82. The molecule has 0 amide bonds. The molecule has 0 heterocycles. The topological polar surface area (TPSA) is 30.5 Å². The van der Waals surface area contributed by atoms with E-state index in [2.05, 4.69) is 5.32 Å².